The molecule has 0 heterocycles. The van der Waals surface area contributed by atoms with Crippen LogP contribution in [0.1, 0.15) is 11.1 Å². The Balaban J connectivity index is 1.77. The molecule has 5 nitrogen and oxygen atoms in total. The van der Waals surface area contributed by atoms with Crippen LogP contribution in [-0.2, 0) is 16.6 Å². The zero-order valence-corrected chi connectivity index (χ0v) is 15.8. The molecule has 3 rings (SSSR count). The smallest absolute Gasteiger partial charge is 0.264 e. The predicted octanol–water partition coefficient (Wildman–Crippen LogP) is 3.53. The van der Waals surface area contributed by atoms with Crippen LogP contribution in [0.3, 0.4) is 0 Å². The summed E-state index contributed by atoms with van der Waals surface area (Å²) >= 11 is 0. The minimum atomic E-state index is -3.64. The molecule has 1 N–H and O–H groups in total. The third-order valence-corrected chi connectivity index (χ3v) is 5.94. The van der Waals surface area contributed by atoms with Gasteiger partial charge in [0.1, 0.15) is 0 Å². The summed E-state index contributed by atoms with van der Waals surface area (Å²) in [5.74, 6) is 0. The first-order chi connectivity index (χ1) is 13.0. The van der Waals surface area contributed by atoms with Gasteiger partial charge in [-0.3, -0.25) is 9.51 Å². The van der Waals surface area contributed by atoms with E-state index in [1.807, 2.05) is 36.4 Å². The van der Waals surface area contributed by atoms with Crippen molar-refractivity contribution in [1.82, 2.24) is 0 Å². The van der Waals surface area contributed by atoms with Crippen molar-refractivity contribution >= 4 is 21.9 Å². The largest absolute Gasteiger partial charge is 0.290 e. The Morgan fingerprint density at radius 3 is 2.04 bits per heavy atom. The summed E-state index contributed by atoms with van der Waals surface area (Å²) in [6.45, 7) is 0.345. The lowest BCUT2D eigenvalue weighted by Gasteiger charge is -2.19. The first-order valence-corrected chi connectivity index (χ1v) is 9.89. The molecule has 6 heteroatoms. The normalized spacial score (nSPS) is 12.0. The quantitative estimate of drug-likeness (QED) is 0.308. The lowest BCUT2D eigenvalue weighted by Crippen LogP contribution is -2.26. The van der Waals surface area contributed by atoms with Crippen LogP contribution < -0.4 is 4.31 Å². The number of para-hydroxylation sites is 1. The van der Waals surface area contributed by atoms with Crippen LogP contribution in [-0.4, -0.2) is 31.6 Å². The van der Waals surface area contributed by atoms with E-state index in [1.165, 1.54) is 23.5 Å². The van der Waals surface area contributed by atoms with E-state index in [0.717, 1.165) is 10.3 Å². The zero-order chi connectivity index (χ0) is 19.3. The van der Waals surface area contributed by atoms with Crippen molar-refractivity contribution < 1.29 is 18.4 Å². The molecule has 0 unspecified atom stereocenters. The third kappa shape index (κ3) is 4.54. The molecule has 0 aliphatic heterocycles. The van der Waals surface area contributed by atoms with Crippen LogP contribution in [0.25, 0.3) is 0 Å². The van der Waals surface area contributed by atoms with Crippen molar-refractivity contribution in [2.24, 2.45) is 0 Å². The molecule has 0 fully saturated rings. The average molecular weight is 381 g/mol. The molecular weight excluding hydrogens is 360 g/mol. The lowest BCUT2D eigenvalue weighted by molar-refractivity contribution is -0.783. The summed E-state index contributed by atoms with van der Waals surface area (Å²) in [7, 11) is -2.11. The Bertz CT molecular complexity index is 1020. The van der Waals surface area contributed by atoms with Crippen molar-refractivity contribution in [3.8, 4) is 0 Å². The maximum atomic E-state index is 12.8. The first-order valence-electron chi connectivity index (χ1n) is 8.45. The Morgan fingerprint density at radius 1 is 0.889 bits per heavy atom. The van der Waals surface area contributed by atoms with Crippen molar-refractivity contribution in [3.05, 3.63) is 96.1 Å². The van der Waals surface area contributed by atoms with Crippen LogP contribution in [0.15, 0.2) is 89.8 Å². The highest BCUT2D eigenvalue weighted by atomic mass is 32.2. The van der Waals surface area contributed by atoms with Gasteiger partial charge in [-0.2, -0.15) is 0 Å². The third-order valence-electron chi connectivity index (χ3n) is 4.14. The standard InChI is InChI=1S/C21H21N2O3S/c1-22(20-10-6-3-7-11-20)27(25,26)21-14-12-19(13-15-21)17-23(24)16-18-8-4-2-5-9-18/h2-15,17,24H,16H2,1H3/q+1/b23-17-. The van der Waals surface area contributed by atoms with Crippen molar-refractivity contribution in [3.63, 3.8) is 0 Å². The zero-order valence-electron chi connectivity index (χ0n) is 14.9. The fourth-order valence-corrected chi connectivity index (χ4v) is 3.84. The lowest BCUT2D eigenvalue weighted by atomic mass is 10.2. The summed E-state index contributed by atoms with van der Waals surface area (Å²) in [4.78, 5) is 0.193. The Labute approximate surface area is 159 Å². The molecule has 0 saturated carbocycles. The molecule has 0 bridgehead atoms. The highest BCUT2D eigenvalue weighted by Gasteiger charge is 2.21. The first kappa shape index (κ1) is 18.7. The highest BCUT2D eigenvalue weighted by Crippen LogP contribution is 2.21. The van der Waals surface area contributed by atoms with Crippen LogP contribution in [0, 0.1) is 0 Å². The van der Waals surface area contributed by atoms with Crippen LogP contribution in [0.2, 0.25) is 0 Å². The molecule has 0 spiro atoms. The number of benzene rings is 3. The molecule has 3 aromatic rings. The minimum absolute atomic E-state index is 0.193. The second-order valence-corrected chi connectivity index (χ2v) is 8.06. The number of sulfonamides is 1. The van der Waals surface area contributed by atoms with Gasteiger partial charge in [0.25, 0.3) is 10.0 Å². The van der Waals surface area contributed by atoms with Crippen LogP contribution >= 0.6 is 0 Å². The Morgan fingerprint density at radius 2 is 1.44 bits per heavy atom. The molecular formula is C21H21N2O3S+. The molecule has 0 atom stereocenters. The van der Waals surface area contributed by atoms with Gasteiger partial charge in [0.05, 0.1) is 10.6 Å². The number of anilines is 1. The van der Waals surface area contributed by atoms with Crippen LogP contribution in [0.4, 0.5) is 5.69 Å². The van der Waals surface area contributed by atoms with Crippen molar-refractivity contribution in [2.45, 2.75) is 11.4 Å². The van der Waals surface area contributed by atoms with Gasteiger partial charge < -0.3 is 0 Å². The molecule has 0 aliphatic carbocycles. The second kappa shape index (κ2) is 8.05. The number of rotatable bonds is 6. The van der Waals surface area contributed by atoms with E-state index in [0.29, 0.717) is 17.8 Å². The van der Waals surface area contributed by atoms with Gasteiger partial charge in [-0.1, -0.05) is 48.5 Å². The fourth-order valence-electron chi connectivity index (χ4n) is 2.65. The number of nitrogens with zero attached hydrogens (tertiary/aromatic N) is 2. The Kier molecular flexibility index (Phi) is 5.57. The second-order valence-electron chi connectivity index (χ2n) is 6.09. The average Bonchev–Trinajstić information content (AvgIpc) is 2.69. The van der Waals surface area contributed by atoms with E-state index in [-0.39, 0.29) is 4.90 Å². The van der Waals surface area contributed by atoms with Gasteiger partial charge in [-0.05, 0) is 41.1 Å². The van der Waals surface area contributed by atoms with E-state index in [4.69, 9.17) is 0 Å². The van der Waals surface area contributed by atoms with Crippen molar-refractivity contribution in [1.29, 1.82) is 0 Å². The molecule has 0 radical (unpaired) electrons. The molecule has 0 saturated heterocycles. The van der Waals surface area contributed by atoms with E-state index in [2.05, 4.69) is 0 Å². The molecule has 0 aliphatic rings. The maximum absolute atomic E-state index is 12.8. The van der Waals surface area contributed by atoms with Gasteiger partial charge in [0.15, 0.2) is 0 Å². The molecule has 27 heavy (non-hydrogen) atoms. The van der Waals surface area contributed by atoms with Crippen LogP contribution in [0.5, 0.6) is 0 Å². The summed E-state index contributed by atoms with van der Waals surface area (Å²) in [6, 6.07) is 24.9. The van der Waals surface area contributed by atoms with E-state index in [1.54, 1.807) is 42.6 Å². The van der Waals surface area contributed by atoms with Crippen molar-refractivity contribution in [2.75, 3.05) is 11.4 Å². The molecule has 3 aromatic carbocycles. The molecule has 0 amide bonds. The topological polar surface area (TPSA) is 60.6 Å². The van der Waals surface area contributed by atoms with E-state index in [9.17, 15) is 13.6 Å². The summed E-state index contributed by atoms with van der Waals surface area (Å²) in [5, 5.41) is 10.1. The SMILES string of the molecule is CN(c1ccccc1)S(=O)(=O)c1ccc(/C=[N+](\O)Cc2ccccc2)cc1. The summed E-state index contributed by atoms with van der Waals surface area (Å²) in [5.41, 5.74) is 2.27. The van der Waals surface area contributed by atoms with Gasteiger partial charge in [-0.15, -0.1) is 0 Å². The van der Waals surface area contributed by atoms with Gasteiger partial charge in [0, 0.05) is 18.2 Å². The predicted molar refractivity (Wildman–Crippen MR) is 106 cm³/mol. The van der Waals surface area contributed by atoms with Gasteiger partial charge in [-0.25, -0.2) is 8.42 Å². The molecule has 138 valence electrons. The Hall–Kier alpha value is -3.12. The van der Waals surface area contributed by atoms with Gasteiger partial charge >= 0.3 is 0 Å². The minimum Gasteiger partial charge on any atom is -0.290 e. The number of hydrogen-bond donors (Lipinski definition) is 1. The monoisotopic (exact) mass is 381 g/mol. The highest BCUT2D eigenvalue weighted by molar-refractivity contribution is 7.92. The van der Waals surface area contributed by atoms with Gasteiger partial charge in [0.2, 0.25) is 12.8 Å². The summed E-state index contributed by atoms with van der Waals surface area (Å²) < 4.78 is 27.9. The van der Waals surface area contributed by atoms with E-state index < -0.39 is 10.0 Å². The summed E-state index contributed by atoms with van der Waals surface area (Å²) in [6.07, 6.45) is 1.56. The molecule has 0 aromatic heterocycles. The van der Waals surface area contributed by atoms with E-state index >= 15 is 0 Å². The maximum Gasteiger partial charge on any atom is 0.264 e. The number of hydrogen-bond acceptors (Lipinski definition) is 3. The number of hydroxylamine groups is 1. The fraction of sp³-hybridized carbons (Fsp3) is 0.0952.